The summed E-state index contributed by atoms with van der Waals surface area (Å²) in [5.74, 6) is 0.519. The van der Waals surface area contributed by atoms with Crippen LogP contribution in [0.5, 0.6) is 0 Å². The van der Waals surface area contributed by atoms with Crippen molar-refractivity contribution >= 4 is 5.95 Å². The summed E-state index contributed by atoms with van der Waals surface area (Å²) in [6.45, 7) is 3.42. The highest BCUT2D eigenvalue weighted by molar-refractivity contribution is 5.29. The molecule has 0 atom stereocenters. The van der Waals surface area contributed by atoms with Crippen LogP contribution in [0.15, 0.2) is 6.20 Å². The Balaban J connectivity index is 2.62. The summed E-state index contributed by atoms with van der Waals surface area (Å²) in [7, 11) is 0. The Morgan fingerprint density at radius 3 is 2.67 bits per heavy atom. The van der Waals surface area contributed by atoms with E-state index in [1.165, 1.54) is 4.68 Å². The topological polar surface area (TPSA) is 82.5 Å². The lowest BCUT2D eigenvalue weighted by atomic mass is 10.5. The van der Waals surface area contributed by atoms with Crippen molar-refractivity contribution in [1.82, 2.24) is 24.7 Å². The van der Waals surface area contributed by atoms with E-state index in [-0.39, 0.29) is 11.8 Å². The number of nitrogen functional groups attached to an aromatic ring is 1. The van der Waals surface area contributed by atoms with Crippen molar-refractivity contribution < 1.29 is 4.39 Å². The van der Waals surface area contributed by atoms with E-state index < -0.39 is 5.82 Å². The van der Waals surface area contributed by atoms with Gasteiger partial charge in [-0.25, -0.2) is 14.4 Å². The highest BCUT2D eigenvalue weighted by Gasteiger charge is 2.12. The minimum Gasteiger partial charge on any atom is -0.368 e. The number of halogens is 1. The predicted octanol–water partition coefficient (Wildman–Crippen LogP) is 0.395. The molecule has 2 rings (SSSR count). The Morgan fingerprint density at radius 2 is 2.07 bits per heavy atom. The molecule has 2 aromatic rings. The maximum Gasteiger partial charge on any atom is 0.222 e. The third-order valence-corrected chi connectivity index (χ3v) is 1.82. The van der Waals surface area contributed by atoms with Gasteiger partial charge in [0.1, 0.15) is 11.6 Å². The standard InChI is InChI=1S/C8H9FN6/c1-4-12-5(2)15(14-4)7-6(9)3-11-8(10)13-7/h3H,1-2H3,(H2,10,11,13). The minimum atomic E-state index is -0.586. The number of hydrogen-bond donors (Lipinski definition) is 1. The van der Waals surface area contributed by atoms with Crippen molar-refractivity contribution in [3.05, 3.63) is 23.7 Å². The zero-order valence-electron chi connectivity index (χ0n) is 8.27. The Bertz CT molecular complexity index is 506. The molecule has 0 aliphatic heterocycles. The van der Waals surface area contributed by atoms with Gasteiger partial charge in [0.05, 0.1) is 6.20 Å². The van der Waals surface area contributed by atoms with Gasteiger partial charge in [0.25, 0.3) is 0 Å². The number of nitrogens with zero attached hydrogens (tertiary/aromatic N) is 5. The summed E-state index contributed by atoms with van der Waals surface area (Å²) in [6.07, 6.45) is 1.01. The molecule has 6 nitrogen and oxygen atoms in total. The van der Waals surface area contributed by atoms with Crippen LogP contribution < -0.4 is 5.73 Å². The molecule has 2 aromatic heterocycles. The summed E-state index contributed by atoms with van der Waals surface area (Å²) in [5, 5.41) is 4.00. The largest absolute Gasteiger partial charge is 0.368 e. The second-order valence-corrected chi connectivity index (χ2v) is 3.02. The molecule has 0 aliphatic rings. The van der Waals surface area contributed by atoms with E-state index in [4.69, 9.17) is 5.73 Å². The average Bonchev–Trinajstić information content (AvgIpc) is 2.50. The zero-order chi connectivity index (χ0) is 11.0. The Kier molecular flexibility index (Phi) is 2.07. The molecule has 2 N–H and O–H groups in total. The fraction of sp³-hybridized carbons (Fsp3) is 0.250. The Labute approximate surface area is 85.0 Å². The number of nitrogens with two attached hydrogens (primary N) is 1. The molecule has 0 saturated heterocycles. The van der Waals surface area contributed by atoms with Crippen molar-refractivity contribution in [3.8, 4) is 5.82 Å². The third kappa shape index (κ3) is 1.63. The van der Waals surface area contributed by atoms with Gasteiger partial charge in [0.2, 0.25) is 5.95 Å². The van der Waals surface area contributed by atoms with E-state index in [1.54, 1.807) is 13.8 Å². The van der Waals surface area contributed by atoms with Crippen molar-refractivity contribution in [2.45, 2.75) is 13.8 Å². The lowest BCUT2D eigenvalue weighted by Gasteiger charge is -2.03. The van der Waals surface area contributed by atoms with Gasteiger partial charge in [0, 0.05) is 0 Å². The molecule has 0 unspecified atom stereocenters. The van der Waals surface area contributed by atoms with Crippen LogP contribution in [-0.2, 0) is 0 Å². The average molecular weight is 208 g/mol. The van der Waals surface area contributed by atoms with Gasteiger partial charge < -0.3 is 5.73 Å². The molecule has 78 valence electrons. The van der Waals surface area contributed by atoms with Crippen LogP contribution in [0.4, 0.5) is 10.3 Å². The number of anilines is 1. The number of rotatable bonds is 1. The van der Waals surface area contributed by atoms with Crippen LogP contribution in [0.2, 0.25) is 0 Å². The number of aryl methyl sites for hydroxylation is 2. The minimum absolute atomic E-state index is 0.000969. The van der Waals surface area contributed by atoms with Crippen LogP contribution in [0.25, 0.3) is 5.82 Å². The molecule has 0 radical (unpaired) electrons. The normalized spacial score (nSPS) is 10.6. The van der Waals surface area contributed by atoms with Crippen molar-refractivity contribution in [2.75, 3.05) is 5.73 Å². The van der Waals surface area contributed by atoms with Gasteiger partial charge in [-0.1, -0.05) is 0 Å². The van der Waals surface area contributed by atoms with Gasteiger partial charge in [-0.05, 0) is 13.8 Å². The van der Waals surface area contributed by atoms with Gasteiger partial charge >= 0.3 is 0 Å². The Morgan fingerprint density at radius 1 is 1.33 bits per heavy atom. The second kappa shape index (κ2) is 3.26. The van der Waals surface area contributed by atoms with Gasteiger partial charge in [-0.15, -0.1) is 5.10 Å². The fourth-order valence-corrected chi connectivity index (χ4v) is 1.24. The van der Waals surface area contributed by atoms with E-state index in [0.29, 0.717) is 11.6 Å². The summed E-state index contributed by atoms with van der Waals surface area (Å²) in [6, 6.07) is 0. The molecular weight excluding hydrogens is 199 g/mol. The SMILES string of the molecule is Cc1nc(C)n(-c2nc(N)ncc2F)n1. The first-order chi connectivity index (χ1) is 7.08. The van der Waals surface area contributed by atoms with Crippen LogP contribution in [0.3, 0.4) is 0 Å². The monoisotopic (exact) mass is 208 g/mol. The summed E-state index contributed by atoms with van der Waals surface area (Å²) in [5.41, 5.74) is 5.37. The molecule has 0 aliphatic carbocycles. The van der Waals surface area contributed by atoms with E-state index in [2.05, 4.69) is 20.1 Å². The van der Waals surface area contributed by atoms with Crippen LogP contribution in [-0.4, -0.2) is 24.7 Å². The van der Waals surface area contributed by atoms with E-state index in [1.807, 2.05) is 0 Å². The van der Waals surface area contributed by atoms with Crippen molar-refractivity contribution in [2.24, 2.45) is 0 Å². The van der Waals surface area contributed by atoms with E-state index >= 15 is 0 Å². The maximum absolute atomic E-state index is 13.4. The number of aromatic nitrogens is 5. The van der Waals surface area contributed by atoms with Crippen molar-refractivity contribution in [3.63, 3.8) is 0 Å². The Hall–Kier alpha value is -2.05. The summed E-state index contributed by atoms with van der Waals surface area (Å²) < 4.78 is 14.7. The first kappa shape index (κ1) is 9.50. The summed E-state index contributed by atoms with van der Waals surface area (Å²) in [4.78, 5) is 11.3. The predicted molar refractivity (Wildman–Crippen MR) is 50.8 cm³/mol. The van der Waals surface area contributed by atoms with E-state index in [9.17, 15) is 4.39 Å². The fourth-order valence-electron chi connectivity index (χ4n) is 1.24. The van der Waals surface area contributed by atoms with Gasteiger partial charge in [-0.2, -0.15) is 9.67 Å². The van der Waals surface area contributed by atoms with Crippen LogP contribution in [0, 0.1) is 19.7 Å². The summed E-state index contributed by atoms with van der Waals surface area (Å²) >= 11 is 0. The molecular formula is C8H9FN6. The molecule has 0 fully saturated rings. The number of hydrogen-bond acceptors (Lipinski definition) is 5. The molecule has 0 amide bonds. The van der Waals surface area contributed by atoms with Crippen molar-refractivity contribution in [1.29, 1.82) is 0 Å². The molecule has 7 heteroatoms. The third-order valence-electron chi connectivity index (χ3n) is 1.82. The molecule has 2 heterocycles. The van der Waals surface area contributed by atoms with E-state index in [0.717, 1.165) is 6.20 Å². The lowest BCUT2D eigenvalue weighted by molar-refractivity contribution is 0.590. The van der Waals surface area contributed by atoms with Gasteiger partial charge in [0.15, 0.2) is 11.6 Å². The molecule has 0 spiro atoms. The second-order valence-electron chi connectivity index (χ2n) is 3.02. The highest BCUT2D eigenvalue weighted by Crippen LogP contribution is 2.11. The molecule has 0 aromatic carbocycles. The smallest absolute Gasteiger partial charge is 0.222 e. The highest BCUT2D eigenvalue weighted by atomic mass is 19.1. The van der Waals surface area contributed by atoms with Crippen LogP contribution >= 0.6 is 0 Å². The lowest BCUT2D eigenvalue weighted by Crippen LogP contribution is -2.08. The molecule has 0 bridgehead atoms. The molecule has 15 heavy (non-hydrogen) atoms. The maximum atomic E-state index is 13.4. The quantitative estimate of drug-likeness (QED) is 0.733. The first-order valence-electron chi connectivity index (χ1n) is 4.26. The van der Waals surface area contributed by atoms with Gasteiger partial charge in [-0.3, -0.25) is 0 Å². The zero-order valence-corrected chi connectivity index (χ0v) is 8.27. The first-order valence-corrected chi connectivity index (χ1v) is 4.26. The van der Waals surface area contributed by atoms with Crippen LogP contribution in [0.1, 0.15) is 11.6 Å². The molecule has 0 saturated carbocycles.